The highest BCUT2D eigenvalue weighted by molar-refractivity contribution is 7.87. The fourth-order valence-electron chi connectivity index (χ4n) is 2.84. The molecule has 2 aromatic heterocycles. The summed E-state index contributed by atoms with van der Waals surface area (Å²) in [7, 11) is -0.811. The highest BCUT2D eigenvalue weighted by atomic mass is 32.2. The molecule has 1 atom stereocenters. The van der Waals surface area contributed by atoms with Gasteiger partial charge < -0.3 is 5.11 Å². The van der Waals surface area contributed by atoms with E-state index in [1.165, 1.54) is 17.5 Å². The molecule has 7 nitrogen and oxygen atoms in total. The molecule has 2 heterocycles. The molecular formula is C25H18N4O3S2. The number of amides is 2. The van der Waals surface area contributed by atoms with Crippen LogP contribution in [-0.4, -0.2) is 33.1 Å². The third-order valence-corrected chi connectivity index (χ3v) is 6.73. The number of pyridine rings is 1. The Labute approximate surface area is 202 Å². The van der Waals surface area contributed by atoms with Gasteiger partial charge in [-0.05, 0) is 42.5 Å². The number of nitrogens with zero attached hydrogens (tertiary/aromatic N) is 3. The van der Waals surface area contributed by atoms with Crippen LogP contribution in [0.15, 0.2) is 88.5 Å². The summed E-state index contributed by atoms with van der Waals surface area (Å²) in [5.74, 6) is 5.36. The quantitative estimate of drug-likeness (QED) is 0.413. The molecule has 2 N–H and O–H groups in total. The number of hydrogen-bond acceptors (Lipinski definition) is 6. The van der Waals surface area contributed by atoms with Crippen LogP contribution in [0.3, 0.4) is 0 Å². The van der Waals surface area contributed by atoms with Gasteiger partial charge in [0.05, 0.1) is 21.5 Å². The highest BCUT2D eigenvalue weighted by Gasteiger charge is 2.10. The smallest absolute Gasteiger partial charge is 0.284 e. The van der Waals surface area contributed by atoms with E-state index in [1.54, 1.807) is 73.2 Å². The molecule has 0 fully saturated rings. The van der Waals surface area contributed by atoms with Crippen LogP contribution in [0.4, 0.5) is 5.13 Å². The Bertz CT molecular complexity index is 1450. The van der Waals surface area contributed by atoms with Crippen LogP contribution >= 0.6 is 11.3 Å². The molecule has 0 bridgehead atoms. The lowest BCUT2D eigenvalue weighted by Crippen LogP contribution is -2.11. The number of thiazole rings is 1. The van der Waals surface area contributed by atoms with Gasteiger partial charge in [0.15, 0.2) is 5.13 Å². The Morgan fingerprint density at radius 1 is 1.00 bits per heavy atom. The fraction of sp³-hybridized carbons (Fsp3) is 0.0400. The second kappa shape index (κ2) is 10.7. The van der Waals surface area contributed by atoms with Gasteiger partial charge in [-0.25, -0.2) is 4.98 Å². The zero-order valence-corrected chi connectivity index (χ0v) is 19.6. The van der Waals surface area contributed by atoms with Crippen LogP contribution in [-0.2, 0) is 10.7 Å². The van der Waals surface area contributed by atoms with Gasteiger partial charge in [-0.15, -0.1) is 0 Å². The average Bonchev–Trinajstić information content (AvgIpc) is 3.31. The second-order valence-corrected chi connectivity index (χ2v) is 9.51. The second-order valence-electron chi connectivity index (χ2n) is 6.90. The third-order valence-electron chi connectivity index (χ3n) is 4.48. The van der Waals surface area contributed by atoms with Crippen LogP contribution in [0.5, 0.6) is 5.75 Å². The van der Waals surface area contributed by atoms with Crippen molar-refractivity contribution in [2.75, 3.05) is 11.6 Å². The maximum Gasteiger partial charge on any atom is 0.284 e. The van der Waals surface area contributed by atoms with E-state index >= 15 is 0 Å². The maximum atomic E-state index is 12.6. The number of phenolic OH excluding ortho intramolecular Hbond substituents is 1. The summed E-state index contributed by atoms with van der Waals surface area (Å²) in [6.45, 7) is 0. The van der Waals surface area contributed by atoms with Crippen molar-refractivity contribution in [3.63, 3.8) is 0 Å². The van der Waals surface area contributed by atoms with Crippen LogP contribution < -0.4 is 5.32 Å². The molecule has 0 spiro atoms. The number of anilines is 1. The first-order valence-electron chi connectivity index (χ1n) is 9.99. The van der Waals surface area contributed by atoms with E-state index in [1.807, 2.05) is 6.07 Å². The molecule has 2 aromatic carbocycles. The topological polar surface area (TPSA) is 105 Å². The zero-order valence-electron chi connectivity index (χ0n) is 17.9. The molecule has 0 saturated heterocycles. The largest absolute Gasteiger partial charge is 0.507 e. The molecule has 9 heteroatoms. The van der Waals surface area contributed by atoms with Crippen molar-refractivity contribution in [3.8, 4) is 17.6 Å². The average molecular weight is 487 g/mol. The molecule has 168 valence electrons. The SMILES string of the molecule is C[S@](=NC(=O)c1cncc(C#Cc2cnc(NC(=O)c3ccccc3)s2)c1)c1ccccc1O. The molecule has 0 aliphatic rings. The van der Waals surface area contributed by atoms with E-state index in [2.05, 4.69) is 31.5 Å². The van der Waals surface area contributed by atoms with Gasteiger partial charge in [0.2, 0.25) is 0 Å². The number of hydrogen-bond donors (Lipinski definition) is 2. The maximum absolute atomic E-state index is 12.6. The van der Waals surface area contributed by atoms with Gasteiger partial charge in [0.1, 0.15) is 5.75 Å². The molecule has 0 saturated carbocycles. The molecule has 2 amide bonds. The number of phenols is 1. The standard InChI is InChI=1S/C25H18N4O3S2/c1-34(22-10-6-5-9-21(22)30)29-24(32)19-13-17(14-26-15-19)11-12-20-16-27-25(33-20)28-23(31)18-7-3-2-4-8-18/h2-10,13-16,30H,1H3,(H,27,28,31)/t34-/m0/s1. The number of nitrogens with one attached hydrogen (secondary N) is 1. The monoisotopic (exact) mass is 486 g/mol. The fourth-order valence-corrected chi connectivity index (χ4v) is 4.60. The van der Waals surface area contributed by atoms with Gasteiger partial charge in [0.25, 0.3) is 11.8 Å². The first-order chi connectivity index (χ1) is 16.5. The van der Waals surface area contributed by atoms with Crippen LogP contribution in [0, 0.1) is 11.8 Å². The first-order valence-corrected chi connectivity index (χ1v) is 12.4. The summed E-state index contributed by atoms with van der Waals surface area (Å²) < 4.78 is 4.19. The molecule has 0 aliphatic heterocycles. The van der Waals surface area contributed by atoms with Gasteiger partial charge in [-0.3, -0.25) is 19.9 Å². The van der Waals surface area contributed by atoms with E-state index in [9.17, 15) is 14.7 Å². The van der Waals surface area contributed by atoms with E-state index in [4.69, 9.17) is 0 Å². The lowest BCUT2D eigenvalue weighted by Gasteiger charge is -2.04. The van der Waals surface area contributed by atoms with Crippen molar-refractivity contribution in [2.45, 2.75) is 4.90 Å². The zero-order chi connectivity index (χ0) is 23.9. The molecule has 4 aromatic rings. The van der Waals surface area contributed by atoms with Crippen molar-refractivity contribution < 1.29 is 14.7 Å². The minimum atomic E-state index is -0.811. The Morgan fingerprint density at radius 3 is 2.56 bits per heavy atom. The minimum absolute atomic E-state index is 0.103. The number of rotatable bonds is 4. The predicted octanol–water partition coefficient (Wildman–Crippen LogP) is 4.53. The number of carbonyl (C=O) groups excluding carboxylic acids is 2. The van der Waals surface area contributed by atoms with E-state index in [0.29, 0.717) is 31.6 Å². The number of benzene rings is 2. The van der Waals surface area contributed by atoms with E-state index in [0.717, 1.165) is 0 Å². The number of aromatic hydroxyl groups is 1. The van der Waals surface area contributed by atoms with Gasteiger partial charge in [-0.2, -0.15) is 4.36 Å². The van der Waals surface area contributed by atoms with Crippen molar-refractivity contribution in [1.29, 1.82) is 0 Å². The van der Waals surface area contributed by atoms with Crippen molar-refractivity contribution >= 4 is 39.0 Å². The van der Waals surface area contributed by atoms with Crippen LogP contribution in [0.25, 0.3) is 0 Å². The molecule has 0 aliphatic carbocycles. The summed E-state index contributed by atoms with van der Waals surface area (Å²) in [6.07, 6.45) is 6.33. The Kier molecular flexibility index (Phi) is 7.22. The lowest BCUT2D eigenvalue weighted by molar-refractivity contribution is 0.100. The Morgan fingerprint density at radius 2 is 1.76 bits per heavy atom. The summed E-state index contributed by atoms with van der Waals surface area (Å²) in [6, 6.07) is 17.3. The molecule has 34 heavy (non-hydrogen) atoms. The normalized spacial score (nSPS) is 11.3. The van der Waals surface area contributed by atoms with Crippen molar-refractivity contribution in [1.82, 2.24) is 9.97 Å². The molecule has 4 rings (SSSR count). The summed E-state index contributed by atoms with van der Waals surface area (Å²) in [5, 5.41) is 13.2. The van der Waals surface area contributed by atoms with E-state index in [-0.39, 0.29) is 11.7 Å². The van der Waals surface area contributed by atoms with Gasteiger partial charge in [-0.1, -0.05) is 58.3 Å². The predicted molar refractivity (Wildman–Crippen MR) is 133 cm³/mol. The highest BCUT2D eigenvalue weighted by Crippen LogP contribution is 2.21. The summed E-state index contributed by atoms with van der Waals surface area (Å²) in [5.41, 5.74) is 1.39. The molecule has 0 unspecified atom stereocenters. The minimum Gasteiger partial charge on any atom is -0.507 e. The third kappa shape index (κ3) is 5.81. The summed E-state index contributed by atoms with van der Waals surface area (Å²) >= 11 is 1.25. The van der Waals surface area contributed by atoms with Crippen molar-refractivity contribution in [2.24, 2.45) is 4.36 Å². The van der Waals surface area contributed by atoms with Crippen LogP contribution in [0.2, 0.25) is 0 Å². The number of aromatic nitrogens is 2. The van der Waals surface area contributed by atoms with Gasteiger partial charge >= 0.3 is 0 Å². The molecule has 0 radical (unpaired) electrons. The van der Waals surface area contributed by atoms with Crippen LogP contribution in [0.1, 0.15) is 31.2 Å². The van der Waals surface area contributed by atoms with Gasteiger partial charge in [0, 0.05) is 23.5 Å². The summed E-state index contributed by atoms with van der Waals surface area (Å²) in [4.78, 5) is 34.4. The number of para-hydroxylation sites is 1. The first kappa shape index (κ1) is 23.0. The Hall–Kier alpha value is -4.13. The Balaban J connectivity index is 1.46. The van der Waals surface area contributed by atoms with Crippen molar-refractivity contribution in [3.05, 3.63) is 101 Å². The number of carbonyl (C=O) groups is 2. The molecular weight excluding hydrogens is 468 g/mol. The van der Waals surface area contributed by atoms with E-state index < -0.39 is 16.6 Å². The lowest BCUT2D eigenvalue weighted by atomic mass is 10.2.